The number of ether oxygens (including phenoxy) is 1. The number of amides is 1. The molecule has 2 N–H and O–H groups in total. The van der Waals surface area contributed by atoms with Gasteiger partial charge in [0, 0.05) is 35.3 Å². The Bertz CT molecular complexity index is 1430. The summed E-state index contributed by atoms with van der Waals surface area (Å²) in [6.45, 7) is -0.0197. The lowest BCUT2D eigenvalue weighted by Gasteiger charge is -2.26. The van der Waals surface area contributed by atoms with E-state index in [1.54, 1.807) is 18.3 Å². The van der Waals surface area contributed by atoms with E-state index in [4.69, 9.17) is 44.6 Å². The Morgan fingerprint density at radius 3 is 2.65 bits per heavy atom. The first-order chi connectivity index (χ1) is 17.9. The Balaban J connectivity index is 1.52. The third-order valence-corrected chi connectivity index (χ3v) is 6.78. The molecule has 2 unspecified atom stereocenters. The molecule has 7 nitrogen and oxygen atoms in total. The average Bonchev–Trinajstić information content (AvgIpc) is 3.50. The maximum atomic E-state index is 11.9. The van der Waals surface area contributed by atoms with E-state index in [2.05, 4.69) is 15.6 Å². The lowest BCUT2D eigenvalue weighted by Crippen LogP contribution is -2.29. The molecule has 0 aliphatic carbocycles. The predicted octanol–water partition coefficient (Wildman–Crippen LogP) is 6.41. The number of hydrogen-bond acceptors (Lipinski definition) is 5. The molecular formula is C27H22Cl2N4O3S. The van der Waals surface area contributed by atoms with Crippen molar-refractivity contribution in [2.45, 2.75) is 12.1 Å². The van der Waals surface area contributed by atoms with Crippen molar-refractivity contribution in [2.24, 2.45) is 0 Å². The maximum absolute atomic E-state index is 11.9. The SMILES string of the molecule is COCC(=O)Nc1ccc(N2C(=S)NC(c3ccccn3)C2c2ccc(-c3ccc(Cl)cc3Cl)o2)cc1. The number of anilines is 2. The summed E-state index contributed by atoms with van der Waals surface area (Å²) in [6.07, 6.45) is 1.75. The molecule has 3 heterocycles. The molecule has 1 aliphatic heterocycles. The molecule has 0 bridgehead atoms. The van der Waals surface area contributed by atoms with Gasteiger partial charge in [-0.1, -0.05) is 29.3 Å². The number of pyridine rings is 1. The monoisotopic (exact) mass is 552 g/mol. The van der Waals surface area contributed by atoms with Crippen LogP contribution in [0.4, 0.5) is 11.4 Å². The summed E-state index contributed by atoms with van der Waals surface area (Å²) in [7, 11) is 1.48. The van der Waals surface area contributed by atoms with Crippen LogP contribution in [0, 0.1) is 0 Å². The number of nitrogens with one attached hydrogen (secondary N) is 2. The first kappa shape index (κ1) is 25.2. The number of benzene rings is 2. The van der Waals surface area contributed by atoms with Crippen molar-refractivity contribution in [2.75, 3.05) is 23.9 Å². The van der Waals surface area contributed by atoms with Gasteiger partial charge in [-0.15, -0.1) is 0 Å². The topological polar surface area (TPSA) is 79.6 Å². The van der Waals surface area contributed by atoms with Gasteiger partial charge in [0.15, 0.2) is 5.11 Å². The molecule has 5 rings (SSSR count). The maximum Gasteiger partial charge on any atom is 0.250 e. The summed E-state index contributed by atoms with van der Waals surface area (Å²) in [5.41, 5.74) is 3.04. The molecule has 188 valence electrons. The number of carbonyl (C=O) groups excluding carboxylic acids is 1. The number of methoxy groups -OCH3 is 1. The van der Waals surface area contributed by atoms with Crippen LogP contribution in [0.25, 0.3) is 11.3 Å². The highest BCUT2D eigenvalue weighted by atomic mass is 35.5. The van der Waals surface area contributed by atoms with Gasteiger partial charge in [0.25, 0.3) is 0 Å². The minimum Gasteiger partial charge on any atom is -0.459 e. The molecule has 0 saturated carbocycles. The smallest absolute Gasteiger partial charge is 0.250 e. The highest BCUT2D eigenvalue weighted by Crippen LogP contribution is 2.43. The van der Waals surface area contributed by atoms with Crippen LogP contribution in [-0.2, 0) is 9.53 Å². The number of nitrogens with zero attached hydrogens (tertiary/aromatic N) is 2. The Hall–Kier alpha value is -3.43. The lowest BCUT2D eigenvalue weighted by atomic mass is 10.0. The largest absolute Gasteiger partial charge is 0.459 e. The molecule has 2 aromatic carbocycles. The second-order valence-electron chi connectivity index (χ2n) is 8.35. The Labute approximate surface area is 229 Å². The minimum absolute atomic E-state index is 0.0197. The van der Waals surface area contributed by atoms with Crippen LogP contribution >= 0.6 is 35.4 Å². The predicted molar refractivity (Wildman–Crippen MR) is 149 cm³/mol. The van der Waals surface area contributed by atoms with Crippen LogP contribution < -0.4 is 15.5 Å². The molecule has 1 aliphatic rings. The standard InChI is InChI=1S/C27H22Cl2N4O3S/c1-35-15-24(34)31-17-6-8-18(9-7-17)33-26(25(32-27(33)37)21-4-2-3-13-30-21)23-12-11-22(36-23)19-10-5-16(28)14-20(19)29/h2-14,25-26H,15H2,1H3,(H,31,34)(H,32,37). The zero-order valence-electron chi connectivity index (χ0n) is 19.7. The molecule has 2 atom stereocenters. The second-order valence-corrected chi connectivity index (χ2v) is 9.58. The number of halogens is 2. The van der Waals surface area contributed by atoms with Crippen LogP contribution in [0.1, 0.15) is 23.5 Å². The zero-order chi connectivity index (χ0) is 25.9. The quantitative estimate of drug-likeness (QED) is 0.256. The molecule has 1 amide bonds. The van der Waals surface area contributed by atoms with Crippen LogP contribution in [0.2, 0.25) is 10.0 Å². The number of thiocarbonyl (C=S) groups is 1. The van der Waals surface area contributed by atoms with Gasteiger partial charge in [-0.25, -0.2) is 0 Å². The van der Waals surface area contributed by atoms with E-state index < -0.39 is 0 Å². The van der Waals surface area contributed by atoms with Gasteiger partial charge in [-0.3, -0.25) is 9.78 Å². The van der Waals surface area contributed by atoms with Crippen molar-refractivity contribution in [3.05, 3.63) is 100 Å². The fraction of sp³-hybridized carbons (Fsp3) is 0.148. The van der Waals surface area contributed by atoms with Gasteiger partial charge in [0.2, 0.25) is 5.91 Å². The summed E-state index contributed by atoms with van der Waals surface area (Å²) < 4.78 is 11.2. The van der Waals surface area contributed by atoms with Crippen molar-refractivity contribution in [3.63, 3.8) is 0 Å². The van der Waals surface area contributed by atoms with Crippen LogP contribution in [0.15, 0.2) is 83.4 Å². The Morgan fingerprint density at radius 2 is 1.95 bits per heavy atom. The second kappa shape index (κ2) is 10.9. The molecular weight excluding hydrogens is 531 g/mol. The number of carbonyl (C=O) groups is 1. The highest BCUT2D eigenvalue weighted by Gasteiger charge is 2.42. The van der Waals surface area contributed by atoms with Gasteiger partial charge >= 0.3 is 0 Å². The lowest BCUT2D eigenvalue weighted by molar-refractivity contribution is -0.119. The third-order valence-electron chi connectivity index (χ3n) is 5.92. The van der Waals surface area contributed by atoms with Crippen molar-refractivity contribution in [3.8, 4) is 11.3 Å². The molecule has 37 heavy (non-hydrogen) atoms. The average molecular weight is 553 g/mol. The normalized spacial score (nSPS) is 17.1. The van der Waals surface area contributed by atoms with Crippen LogP contribution in [0.3, 0.4) is 0 Å². The Morgan fingerprint density at radius 1 is 1.14 bits per heavy atom. The van der Waals surface area contributed by atoms with Gasteiger partial charge < -0.3 is 24.7 Å². The van der Waals surface area contributed by atoms with Crippen LogP contribution in [-0.4, -0.2) is 29.7 Å². The van der Waals surface area contributed by atoms with E-state index in [1.807, 2.05) is 65.6 Å². The molecule has 1 saturated heterocycles. The summed E-state index contributed by atoms with van der Waals surface area (Å²) in [5.74, 6) is 1.07. The van der Waals surface area contributed by atoms with Crippen molar-refractivity contribution in [1.29, 1.82) is 0 Å². The Kier molecular flexibility index (Phi) is 7.43. The summed E-state index contributed by atoms with van der Waals surface area (Å²) in [5, 5.41) is 7.78. The molecule has 1 fully saturated rings. The molecule has 4 aromatic rings. The fourth-order valence-electron chi connectivity index (χ4n) is 4.30. The van der Waals surface area contributed by atoms with Gasteiger partial charge in [-0.05, 0) is 78.9 Å². The first-order valence-electron chi connectivity index (χ1n) is 11.4. The molecule has 2 aromatic heterocycles. The van der Waals surface area contributed by atoms with Gasteiger partial charge in [0.1, 0.15) is 24.2 Å². The third kappa shape index (κ3) is 5.33. The van der Waals surface area contributed by atoms with Crippen LogP contribution in [0.5, 0.6) is 0 Å². The van der Waals surface area contributed by atoms with E-state index in [0.717, 1.165) is 16.9 Å². The molecule has 10 heteroatoms. The summed E-state index contributed by atoms with van der Waals surface area (Å²) in [4.78, 5) is 18.4. The zero-order valence-corrected chi connectivity index (χ0v) is 22.0. The summed E-state index contributed by atoms with van der Waals surface area (Å²) in [6, 6.07) is 21.7. The van der Waals surface area contributed by atoms with E-state index in [-0.39, 0.29) is 24.6 Å². The van der Waals surface area contributed by atoms with E-state index >= 15 is 0 Å². The number of furan rings is 1. The molecule has 0 spiro atoms. The highest BCUT2D eigenvalue weighted by molar-refractivity contribution is 7.80. The minimum atomic E-state index is -0.337. The van der Waals surface area contributed by atoms with Gasteiger partial charge in [-0.2, -0.15) is 0 Å². The fourth-order valence-corrected chi connectivity index (χ4v) is 5.15. The van der Waals surface area contributed by atoms with Gasteiger partial charge in [0.05, 0.1) is 16.8 Å². The van der Waals surface area contributed by atoms with Crippen molar-refractivity contribution in [1.82, 2.24) is 10.3 Å². The number of aromatic nitrogens is 1. The van der Waals surface area contributed by atoms with E-state index in [1.165, 1.54) is 7.11 Å². The molecule has 0 radical (unpaired) electrons. The number of hydrogen-bond donors (Lipinski definition) is 2. The van der Waals surface area contributed by atoms with Crippen molar-refractivity contribution < 1.29 is 13.9 Å². The van der Waals surface area contributed by atoms with E-state index in [9.17, 15) is 4.79 Å². The first-order valence-corrected chi connectivity index (χ1v) is 12.6. The summed E-state index contributed by atoms with van der Waals surface area (Å²) >= 11 is 18.3. The number of rotatable bonds is 7. The van der Waals surface area contributed by atoms with Crippen molar-refractivity contribution >= 4 is 57.8 Å². The van der Waals surface area contributed by atoms with E-state index in [0.29, 0.717) is 32.4 Å².